The fourth-order valence-electron chi connectivity index (χ4n) is 1.84. The minimum absolute atomic E-state index is 0.973. The molecule has 0 saturated heterocycles. The van der Waals surface area contributed by atoms with Gasteiger partial charge < -0.3 is 4.57 Å². The van der Waals surface area contributed by atoms with Gasteiger partial charge in [0.15, 0.2) is 0 Å². The topological polar surface area (TPSA) is 22.8 Å². The summed E-state index contributed by atoms with van der Waals surface area (Å²) in [6, 6.07) is 4.24. The minimum Gasteiger partial charge on any atom is -0.352 e. The summed E-state index contributed by atoms with van der Waals surface area (Å²) in [6.07, 6.45) is 0. The molecule has 2 heterocycles. The van der Waals surface area contributed by atoms with Gasteiger partial charge >= 0.3 is 0 Å². The van der Waals surface area contributed by atoms with Crippen LogP contribution < -0.4 is 0 Å². The number of aryl methyl sites for hydroxylation is 4. The van der Waals surface area contributed by atoms with Gasteiger partial charge in [-0.15, -0.1) is 0 Å². The van der Waals surface area contributed by atoms with Crippen molar-refractivity contribution in [2.24, 2.45) is 7.05 Å². The highest BCUT2D eigenvalue weighted by atomic mass is 15.3. The molecule has 0 spiro atoms. The van der Waals surface area contributed by atoms with E-state index in [4.69, 9.17) is 0 Å². The summed E-state index contributed by atoms with van der Waals surface area (Å²) in [5.74, 6) is 0. The van der Waals surface area contributed by atoms with E-state index in [-0.39, 0.29) is 0 Å². The molecule has 0 aliphatic carbocycles. The van der Waals surface area contributed by atoms with Crippen molar-refractivity contribution in [3.63, 3.8) is 0 Å². The number of nitrogens with zero attached hydrogens (tertiary/aromatic N) is 3. The Labute approximate surface area is 110 Å². The quantitative estimate of drug-likeness (QED) is 0.756. The average molecular weight is 247 g/mol. The minimum atomic E-state index is 0.973. The van der Waals surface area contributed by atoms with Crippen LogP contribution in [-0.4, -0.2) is 14.3 Å². The van der Waals surface area contributed by atoms with Gasteiger partial charge in [0.2, 0.25) is 0 Å². The zero-order valence-corrected chi connectivity index (χ0v) is 12.7. The molecule has 18 heavy (non-hydrogen) atoms. The van der Waals surface area contributed by atoms with Crippen molar-refractivity contribution in [2.45, 2.75) is 48.1 Å². The standard InChI is InChI=1S/C8H14N2.C7H11N/c1-5-10-8(4)6(2)7(3)9-10;1-6-4-5-7(2)8(6)3/h5H2,1-4H3;4-5H,1-3H3. The van der Waals surface area contributed by atoms with Crippen molar-refractivity contribution < 1.29 is 0 Å². The van der Waals surface area contributed by atoms with Crippen LogP contribution in [0.3, 0.4) is 0 Å². The molecule has 100 valence electrons. The van der Waals surface area contributed by atoms with Crippen LogP contribution in [0.1, 0.15) is 35.3 Å². The van der Waals surface area contributed by atoms with Crippen molar-refractivity contribution >= 4 is 0 Å². The SMILES string of the molecule is CCn1nc(C)c(C)c1C.Cc1ccc(C)n1C. The van der Waals surface area contributed by atoms with Gasteiger partial charge in [0.1, 0.15) is 0 Å². The highest BCUT2D eigenvalue weighted by molar-refractivity contribution is 5.21. The smallest absolute Gasteiger partial charge is 0.0625 e. The molecule has 0 aromatic carbocycles. The van der Waals surface area contributed by atoms with Crippen LogP contribution >= 0.6 is 0 Å². The summed E-state index contributed by atoms with van der Waals surface area (Å²) in [6.45, 7) is 13.6. The third-order valence-corrected chi connectivity index (χ3v) is 3.67. The molecule has 0 aliphatic heterocycles. The summed E-state index contributed by atoms with van der Waals surface area (Å²) >= 11 is 0. The highest BCUT2D eigenvalue weighted by Crippen LogP contribution is 2.09. The Bertz CT molecular complexity index is 499. The van der Waals surface area contributed by atoms with Gasteiger partial charge in [-0.3, -0.25) is 4.68 Å². The third-order valence-electron chi connectivity index (χ3n) is 3.67. The Morgan fingerprint density at radius 3 is 1.67 bits per heavy atom. The molecule has 2 aromatic rings. The number of hydrogen-bond donors (Lipinski definition) is 0. The van der Waals surface area contributed by atoms with E-state index in [9.17, 15) is 0 Å². The first kappa shape index (κ1) is 14.6. The van der Waals surface area contributed by atoms with Crippen molar-refractivity contribution in [1.82, 2.24) is 14.3 Å². The maximum absolute atomic E-state index is 4.34. The molecule has 3 nitrogen and oxygen atoms in total. The molecule has 0 N–H and O–H groups in total. The van der Waals surface area contributed by atoms with Gasteiger partial charge in [-0.2, -0.15) is 5.10 Å². The van der Waals surface area contributed by atoms with Crippen LogP contribution in [0.4, 0.5) is 0 Å². The third kappa shape index (κ3) is 3.03. The summed E-state index contributed by atoms with van der Waals surface area (Å²) in [5, 5.41) is 4.34. The van der Waals surface area contributed by atoms with Crippen LogP contribution in [0.15, 0.2) is 12.1 Å². The van der Waals surface area contributed by atoms with E-state index < -0.39 is 0 Å². The number of hydrogen-bond acceptors (Lipinski definition) is 1. The van der Waals surface area contributed by atoms with E-state index in [1.165, 1.54) is 22.6 Å². The normalized spacial score (nSPS) is 10.2. The molecule has 3 heteroatoms. The average Bonchev–Trinajstić information content (AvgIpc) is 2.78. The fourth-order valence-corrected chi connectivity index (χ4v) is 1.84. The Kier molecular flexibility index (Phi) is 4.76. The van der Waals surface area contributed by atoms with Gasteiger partial charge in [-0.25, -0.2) is 0 Å². The lowest BCUT2D eigenvalue weighted by Gasteiger charge is -1.96. The summed E-state index contributed by atoms with van der Waals surface area (Å²) < 4.78 is 4.20. The second-order valence-corrected chi connectivity index (χ2v) is 4.79. The molecule has 0 fully saturated rings. The number of aromatic nitrogens is 3. The Morgan fingerprint density at radius 2 is 1.50 bits per heavy atom. The molecule has 2 aromatic heterocycles. The van der Waals surface area contributed by atoms with E-state index in [1.807, 2.05) is 4.68 Å². The second kappa shape index (κ2) is 5.89. The number of rotatable bonds is 1. The molecule has 0 aliphatic rings. The maximum Gasteiger partial charge on any atom is 0.0625 e. The van der Waals surface area contributed by atoms with Crippen molar-refractivity contribution in [2.75, 3.05) is 0 Å². The Balaban J connectivity index is 0.000000184. The van der Waals surface area contributed by atoms with E-state index in [0.29, 0.717) is 0 Å². The second-order valence-electron chi connectivity index (χ2n) is 4.79. The highest BCUT2D eigenvalue weighted by Gasteiger charge is 2.03. The fraction of sp³-hybridized carbons (Fsp3) is 0.533. The molecular formula is C15H25N3. The van der Waals surface area contributed by atoms with Crippen molar-refractivity contribution in [3.8, 4) is 0 Å². The van der Waals surface area contributed by atoms with Gasteiger partial charge in [0, 0.05) is 30.7 Å². The molecule has 0 saturated carbocycles. The maximum atomic E-state index is 4.34. The summed E-state index contributed by atoms with van der Waals surface area (Å²) in [7, 11) is 2.07. The van der Waals surface area contributed by atoms with E-state index in [2.05, 4.69) is 70.4 Å². The molecule has 0 amide bonds. The van der Waals surface area contributed by atoms with E-state index in [0.717, 1.165) is 12.2 Å². The predicted octanol–water partition coefficient (Wildman–Crippen LogP) is 3.47. The van der Waals surface area contributed by atoms with E-state index >= 15 is 0 Å². The van der Waals surface area contributed by atoms with Gasteiger partial charge in [-0.05, 0) is 59.2 Å². The monoisotopic (exact) mass is 247 g/mol. The zero-order valence-electron chi connectivity index (χ0n) is 12.7. The van der Waals surface area contributed by atoms with Crippen molar-refractivity contribution in [3.05, 3.63) is 40.5 Å². The molecule has 0 atom stereocenters. The van der Waals surface area contributed by atoms with Crippen LogP contribution in [0.2, 0.25) is 0 Å². The summed E-state index contributed by atoms with van der Waals surface area (Å²) in [4.78, 5) is 0. The first-order chi connectivity index (χ1) is 8.38. The van der Waals surface area contributed by atoms with Crippen molar-refractivity contribution in [1.29, 1.82) is 0 Å². The van der Waals surface area contributed by atoms with E-state index in [1.54, 1.807) is 0 Å². The lowest BCUT2D eigenvalue weighted by Crippen LogP contribution is -1.98. The summed E-state index contributed by atoms with van der Waals surface area (Å²) in [5.41, 5.74) is 6.41. The first-order valence-corrected chi connectivity index (χ1v) is 6.48. The molecule has 0 unspecified atom stereocenters. The van der Waals surface area contributed by atoms with Crippen LogP contribution in [0.5, 0.6) is 0 Å². The van der Waals surface area contributed by atoms with Crippen LogP contribution in [0.25, 0.3) is 0 Å². The zero-order chi connectivity index (χ0) is 13.9. The van der Waals surface area contributed by atoms with Gasteiger partial charge in [0.05, 0.1) is 5.69 Å². The van der Waals surface area contributed by atoms with Crippen LogP contribution in [-0.2, 0) is 13.6 Å². The predicted molar refractivity (Wildman–Crippen MR) is 77.0 cm³/mol. The molecular weight excluding hydrogens is 222 g/mol. The Hall–Kier alpha value is -1.51. The van der Waals surface area contributed by atoms with Gasteiger partial charge in [-0.1, -0.05) is 0 Å². The first-order valence-electron chi connectivity index (χ1n) is 6.48. The van der Waals surface area contributed by atoms with Gasteiger partial charge in [0.25, 0.3) is 0 Å². The lowest BCUT2D eigenvalue weighted by molar-refractivity contribution is 0.634. The largest absolute Gasteiger partial charge is 0.352 e. The molecule has 0 bridgehead atoms. The Morgan fingerprint density at radius 1 is 1.00 bits per heavy atom. The lowest BCUT2D eigenvalue weighted by atomic mass is 10.2. The molecule has 2 rings (SSSR count). The molecule has 0 radical (unpaired) electrons. The van der Waals surface area contributed by atoms with Crippen LogP contribution in [0, 0.1) is 34.6 Å².